The predicted molar refractivity (Wildman–Crippen MR) is 69.4 cm³/mol. The van der Waals surface area contributed by atoms with Crippen molar-refractivity contribution in [3.63, 3.8) is 0 Å². The number of benzene rings is 2. The average Bonchev–Trinajstić information content (AvgIpc) is 2.41. The van der Waals surface area contributed by atoms with Gasteiger partial charge >= 0.3 is 6.36 Å². The first-order valence-corrected chi connectivity index (χ1v) is 5.99. The normalized spacial score (nSPS) is 10.8. The molecule has 2 rings (SSSR count). The highest BCUT2D eigenvalue weighted by atomic mass is 35.5. The molecule has 2 aromatic carbocycles. The summed E-state index contributed by atoms with van der Waals surface area (Å²) in [5.74, 6) is -0.572. The van der Waals surface area contributed by atoms with Gasteiger partial charge in [-0.25, -0.2) is 0 Å². The number of hydrogen-bond acceptors (Lipinski definition) is 3. The van der Waals surface area contributed by atoms with Gasteiger partial charge in [0, 0.05) is 5.02 Å². The molecule has 0 radical (unpaired) electrons. The first-order valence-electron chi connectivity index (χ1n) is 5.61. The van der Waals surface area contributed by atoms with E-state index in [0.29, 0.717) is 5.02 Å². The summed E-state index contributed by atoms with van der Waals surface area (Å²) < 4.78 is 46.1. The van der Waals surface area contributed by atoms with Crippen LogP contribution in [0.5, 0.6) is 17.2 Å². The molecule has 0 aliphatic carbocycles. The lowest BCUT2D eigenvalue weighted by atomic mass is 10.2. The molecule has 0 heterocycles. The van der Waals surface area contributed by atoms with Crippen LogP contribution in [-0.4, -0.2) is 6.36 Å². The van der Waals surface area contributed by atoms with Crippen molar-refractivity contribution in [2.45, 2.75) is 6.36 Å². The minimum Gasteiger partial charge on any atom is -0.452 e. The number of hydrogen-bond donors (Lipinski definition) is 0. The molecule has 0 aromatic heterocycles. The molecular formula is C14H7ClF3NO2. The van der Waals surface area contributed by atoms with Crippen LogP contribution in [0.4, 0.5) is 13.2 Å². The van der Waals surface area contributed by atoms with E-state index in [4.69, 9.17) is 21.6 Å². The van der Waals surface area contributed by atoms with Crippen molar-refractivity contribution in [3.8, 4) is 23.3 Å². The van der Waals surface area contributed by atoms with Crippen LogP contribution in [-0.2, 0) is 0 Å². The fourth-order valence-electron chi connectivity index (χ4n) is 1.54. The average molecular weight is 314 g/mol. The second kappa shape index (κ2) is 5.94. The molecule has 0 amide bonds. The highest BCUT2D eigenvalue weighted by Crippen LogP contribution is 2.36. The molecule has 3 nitrogen and oxygen atoms in total. The highest BCUT2D eigenvalue weighted by Gasteiger charge is 2.32. The zero-order valence-electron chi connectivity index (χ0n) is 10.3. The van der Waals surface area contributed by atoms with E-state index < -0.39 is 12.1 Å². The lowest BCUT2D eigenvalue weighted by Crippen LogP contribution is -2.17. The number of nitrogens with zero attached hydrogens (tertiary/aromatic N) is 1. The molecular weight excluding hydrogens is 307 g/mol. The molecule has 0 fully saturated rings. The van der Waals surface area contributed by atoms with Gasteiger partial charge in [0.15, 0.2) is 11.5 Å². The Kier molecular flexibility index (Phi) is 4.24. The van der Waals surface area contributed by atoms with Gasteiger partial charge in [-0.2, -0.15) is 5.26 Å². The number of halogens is 4. The maximum atomic E-state index is 12.3. The third-order valence-electron chi connectivity index (χ3n) is 2.36. The summed E-state index contributed by atoms with van der Waals surface area (Å²) in [7, 11) is 0. The fraction of sp³-hybridized carbons (Fsp3) is 0.0714. The quantitative estimate of drug-likeness (QED) is 0.809. The van der Waals surface area contributed by atoms with Crippen molar-refractivity contribution in [2.24, 2.45) is 0 Å². The van der Waals surface area contributed by atoms with Crippen LogP contribution in [0.2, 0.25) is 5.02 Å². The Morgan fingerprint density at radius 2 is 1.67 bits per heavy atom. The highest BCUT2D eigenvalue weighted by molar-refractivity contribution is 6.30. The van der Waals surface area contributed by atoms with Gasteiger partial charge in [0.1, 0.15) is 11.8 Å². The first kappa shape index (κ1) is 15.0. The molecule has 2 aromatic rings. The zero-order chi connectivity index (χ0) is 15.5. The Labute approximate surface area is 123 Å². The van der Waals surface area contributed by atoms with Crippen LogP contribution in [0, 0.1) is 11.3 Å². The van der Waals surface area contributed by atoms with Gasteiger partial charge in [0.2, 0.25) is 0 Å². The fourth-order valence-corrected chi connectivity index (χ4v) is 1.71. The minimum absolute atomic E-state index is 0.0834. The van der Waals surface area contributed by atoms with Gasteiger partial charge < -0.3 is 9.47 Å². The van der Waals surface area contributed by atoms with Crippen molar-refractivity contribution in [1.82, 2.24) is 0 Å². The van der Waals surface area contributed by atoms with Crippen LogP contribution in [0.15, 0.2) is 42.5 Å². The molecule has 7 heteroatoms. The first-order chi connectivity index (χ1) is 9.89. The summed E-state index contributed by atoms with van der Waals surface area (Å²) in [6, 6.07) is 11.3. The van der Waals surface area contributed by atoms with E-state index in [2.05, 4.69) is 4.74 Å². The summed E-state index contributed by atoms with van der Waals surface area (Å²) in [6.45, 7) is 0. The molecule has 108 valence electrons. The van der Waals surface area contributed by atoms with Crippen LogP contribution < -0.4 is 9.47 Å². The summed E-state index contributed by atoms with van der Waals surface area (Å²) >= 11 is 5.74. The van der Waals surface area contributed by atoms with Crippen molar-refractivity contribution in [2.75, 3.05) is 0 Å². The molecule has 0 aliphatic heterocycles. The van der Waals surface area contributed by atoms with Crippen molar-refractivity contribution in [3.05, 3.63) is 53.1 Å². The molecule has 0 saturated carbocycles. The molecule has 21 heavy (non-hydrogen) atoms. The van der Waals surface area contributed by atoms with Crippen LogP contribution in [0.3, 0.4) is 0 Å². The summed E-state index contributed by atoms with van der Waals surface area (Å²) in [5, 5.41) is 9.30. The molecule has 0 N–H and O–H groups in total. The Balaban J connectivity index is 2.35. The molecule has 0 aliphatic rings. The van der Waals surface area contributed by atoms with Crippen LogP contribution >= 0.6 is 11.6 Å². The van der Waals surface area contributed by atoms with Gasteiger partial charge in [-0.1, -0.05) is 23.7 Å². The van der Waals surface area contributed by atoms with E-state index in [1.54, 1.807) is 0 Å². The smallest absolute Gasteiger partial charge is 0.452 e. The second-order valence-electron chi connectivity index (χ2n) is 3.85. The van der Waals surface area contributed by atoms with Gasteiger partial charge in [-0.05, 0) is 30.3 Å². The van der Waals surface area contributed by atoms with E-state index in [0.717, 1.165) is 6.07 Å². The van der Waals surface area contributed by atoms with E-state index in [1.165, 1.54) is 36.4 Å². The van der Waals surface area contributed by atoms with Crippen LogP contribution in [0.25, 0.3) is 0 Å². The maximum Gasteiger partial charge on any atom is 0.573 e. The zero-order valence-corrected chi connectivity index (χ0v) is 11.1. The van der Waals surface area contributed by atoms with Crippen molar-refractivity contribution in [1.29, 1.82) is 5.26 Å². The Bertz CT molecular complexity index is 695. The standard InChI is InChI=1S/C14H7ClF3NO2/c15-10-5-6-11(9(7-10)8-19)20-12-3-1-2-4-13(12)21-14(16,17)18/h1-7H. The van der Waals surface area contributed by atoms with Gasteiger partial charge in [0.25, 0.3) is 0 Å². The number of nitriles is 1. The molecule has 0 unspecified atom stereocenters. The van der Waals surface area contributed by atoms with Crippen molar-refractivity contribution >= 4 is 11.6 Å². The number of rotatable bonds is 3. The van der Waals surface area contributed by atoms with Crippen molar-refractivity contribution < 1.29 is 22.6 Å². The Morgan fingerprint density at radius 1 is 1.00 bits per heavy atom. The summed E-state index contributed by atoms with van der Waals surface area (Å²) in [5.41, 5.74) is 0.101. The SMILES string of the molecule is N#Cc1cc(Cl)ccc1Oc1ccccc1OC(F)(F)F. The molecule has 0 bridgehead atoms. The lowest BCUT2D eigenvalue weighted by Gasteiger charge is -2.14. The summed E-state index contributed by atoms with van der Waals surface area (Å²) in [6.07, 6.45) is -4.84. The predicted octanol–water partition coefficient (Wildman–Crippen LogP) is 4.90. The monoisotopic (exact) mass is 313 g/mol. The third kappa shape index (κ3) is 4.04. The van der Waals surface area contributed by atoms with E-state index >= 15 is 0 Å². The van der Waals surface area contributed by atoms with E-state index in [1.807, 2.05) is 6.07 Å². The molecule has 0 spiro atoms. The Morgan fingerprint density at radius 3 is 2.29 bits per heavy atom. The summed E-state index contributed by atoms with van der Waals surface area (Å²) in [4.78, 5) is 0. The maximum absolute atomic E-state index is 12.3. The number of alkyl halides is 3. The van der Waals surface area contributed by atoms with Gasteiger partial charge in [0.05, 0.1) is 5.56 Å². The topological polar surface area (TPSA) is 42.2 Å². The minimum atomic E-state index is -4.84. The largest absolute Gasteiger partial charge is 0.573 e. The number of para-hydroxylation sites is 2. The second-order valence-corrected chi connectivity index (χ2v) is 4.29. The van der Waals surface area contributed by atoms with E-state index in [-0.39, 0.29) is 17.1 Å². The number of ether oxygens (including phenoxy) is 2. The van der Waals surface area contributed by atoms with E-state index in [9.17, 15) is 13.2 Å². The third-order valence-corrected chi connectivity index (χ3v) is 2.59. The lowest BCUT2D eigenvalue weighted by molar-refractivity contribution is -0.275. The van der Waals surface area contributed by atoms with Gasteiger partial charge in [-0.15, -0.1) is 13.2 Å². The van der Waals surface area contributed by atoms with Gasteiger partial charge in [-0.3, -0.25) is 0 Å². The molecule has 0 saturated heterocycles. The molecule has 0 atom stereocenters. The Hall–Kier alpha value is -2.39. The van der Waals surface area contributed by atoms with Crippen LogP contribution in [0.1, 0.15) is 5.56 Å².